The number of nitrogens with one attached hydrogen (secondary N) is 1. The molecule has 3 rings (SSSR count). The summed E-state index contributed by atoms with van der Waals surface area (Å²) in [5, 5.41) is 2.52. The molecule has 0 atom stereocenters. The summed E-state index contributed by atoms with van der Waals surface area (Å²) in [4.78, 5) is 11.8. The van der Waals surface area contributed by atoms with E-state index < -0.39 is 6.09 Å². The van der Waals surface area contributed by atoms with Gasteiger partial charge in [0.1, 0.15) is 23.9 Å². The first-order chi connectivity index (χ1) is 12.2. The highest BCUT2D eigenvalue weighted by atomic mass is 19.1. The van der Waals surface area contributed by atoms with Crippen molar-refractivity contribution in [1.29, 1.82) is 0 Å². The van der Waals surface area contributed by atoms with E-state index in [2.05, 4.69) is 5.32 Å². The number of halogens is 1. The van der Waals surface area contributed by atoms with Crippen molar-refractivity contribution in [3.05, 3.63) is 90.2 Å². The fourth-order valence-corrected chi connectivity index (χ4v) is 2.13. The van der Waals surface area contributed by atoms with Gasteiger partial charge >= 0.3 is 6.09 Å². The third-order valence-corrected chi connectivity index (χ3v) is 3.37. The summed E-state index contributed by atoms with van der Waals surface area (Å²) >= 11 is 0. The van der Waals surface area contributed by atoms with Gasteiger partial charge < -0.3 is 9.47 Å². The van der Waals surface area contributed by atoms with Gasteiger partial charge in [-0.3, -0.25) is 5.32 Å². The van der Waals surface area contributed by atoms with E-state index >= 15 is 0 Å². The molecule has 0 saturated heterocycles. The van der Waals surface area contributed by atoms with Gasteiger partial charge in [-0.2, -0.15) is 0 Å². The Hall–Kier alpha value is -3.34. The molecule has 0 heterocycles. The molecule has 0 aliphatic carbocycles. The number of anilines is 1. The van der Waals surface area contributed by atoms with E-state index in [1.54, 1.807) is 24.3 Å². The van der Waals surface area contributed by atoms with Gasteiger partial charge in [0.25, 0.3) is 0 Å². The summed E-state index contributed by atoms with van der Waals surface area (Å²) in [6.45, 7) is 0.464. The topological polar surface area (TPSA) is 47.6 Å². The van der Waals surface area contributed by atoms with Crippen molar-refractivity contribution in [3.63, 3.8) is 0 Å². The lowest BCUT2D eigenvalue weighted by atomic mass is 10.2. The molecular weight excluding hydrogens is 321 g/mol. The summed E-state index contributed by atoms with van der Waals surface area (Å²) in [5.41, 5.74) is 1.52. The van der Waals surface area contributed by atoms with Crippen LogP contribution in [0.25, 0.3) is 0 Å². The Labute approximate surface area is 144 Å². The third-order valence-electron chi connectivity index (χ3n) is 3.37. The summed E-state index contributed by atoms with van der Waals surface area (Å²) in [5.74, 6) is 0.687. The van der Waals surface area contributed by atoms with Crippen LogP contribution < -0.4 is 14.8 Å². The molecule has 0 saturated carbocycles. The lowest BCUT2D eigenvalue weighted by Gasteiger charge is -2.09. The first-order valence-electron chi connectivity index (χ1n) is 7.70. The molecule has 3 aromatic rings. The molecule has 0 fully saturated rings. The zero-order valence-corrected chi connectivity index (χ0v) is 13.3. The summed E-state index contributed by atoms with van der Waals surface area (Å²) in [6, 6.07) is 22.0. The molecule has 0 radical (unpaired) electrons. The smallest absolute Gasteiger partial charge is 0.417 e. The zero-order valence-electron chi connectivity index (χ0n) is 13.3. The number of benzene rings is 3. The Kier molecular flexibility index (Phi) is 5.26. The fourth-order valence-electron chi connectivity index (χ4n) is 2.13. The molecule has 0 aromatic heterocycles. The maximum atomic E-state index is 12.8. The minimum Gasteiger partial charge on any atom is -0.489 e. The minimum absolute atomic E-state index is 0.370. The van der Waals surface area contributed by atoms with Gasteiger partial charge in [0.05, 0.1) is 0 Å². The van der Waals surface area contributed by atoms with Crippen LogP contribution in [0.4, 0.5) is 14.9 Å². The van der Waals surface area contributed by atoms with E-state index in [9.17, 15) is 9.18 Å². The summed E-state index contributed by atoms with van der Waals surface area (Å²) in [6.07, 6.45) is -0.649. The van der Waals surface area contributed by atoms with Crippen LogP contribution in [0, 0.1) is 5.82 Å². The number of hydrogen-bond donors (Lipinski definition) is 1. The molecule has 0 spiro atoms. The van der Waals surface area contributed by atoms with Crippen molar-refractivity contribution < 1.29 is 18.7 Å². The molecule has 0 bridgehead atoms. The highest BCUT2D eigenvalue weighted by Crippen LogP contribution is 2.19. The van der Waals surface area contributed by atoms with E-state index in [-0.39, 0.29) is 5.82 Å². The van der Waals surface area contributed by atoms with Gasteiger partial charge in [0.15, 0.2) is 0 Å². The van der Waals surface area contributed by atoms with Gasteiger partial charge in [-0.25, -0.2) is 9.18 Å². The second kappa shape index (κ2) is 7.97. The van der Waals surface area contributed by atoms with Crippen molar-refractivity contribution in [3.8, 4) is 11.5 Å². The maximum absolute atomic E-state index is 12.8. The molecular formula is C20H16FNO3. The lowest BCUT2D eigenvalue weighted by molar-refractivity contribution is 0.215. The van der Waals surface area contributed by atoms with E-state index in [0.717, 1.165) is 5.56 Å². The van der Waals surface area contributed by atoms with Crippen LogP contribution in [-0.2, 0) is 6.61 Å². The van der Waals surface area contributed by atoms with E-state index in [4.69, 9.17) is 9.47 Å². The lowest BCUT2D eigenvalue weighted by Crippen LogP contribution is -2.16. The number of hydrogen-bond acceptors (Lipinski definition) is 3. The number of amides is 1. The molecule has 3 aromatic carbocycles. The van der Waals surface area contributed by atoms with Crippen molar-refractivity contribution in [2.24, 2.45) is 0 Å². The van der Waals surface area contributed by atoms with Gasteiger partial charge in [0.2, 0.25) is 0 Å². The molecule has 0 aliphatic heterocycles. The SMILES string of the molecule is O=C(Nc1ccc(F)cc1)Oc1ccc(OCc2ccccc2)cc1. The van der Waals surface area contributed by atoms with Crippen molar-refractivity contribution in [2.75, 3.05) is 5.32 Å². The standard InChI is InChI=1S/C20H16FNO3/c21-16-6-8-17(9-7-16)22-20(23)25-19-12-10-18(11-13-19)24-14-15-4-2-1-3-5-15/h1-13H,14H2,(H,22,23). The van der Waals surface area contributed by atoms with Crippen LogP contribution in [0.2, 0.25) is 0 Å². The number of carbonyl (C=O) groups excluding carboxylic acids is 1. The number of carbonyl (C=O) groups is 1. The Balaban J connectivity index is 1.51. The Morgan fingerprint density at radius 1 is 0.840 bits per heavy atom. The molecule has 25 heavy (non-hydrogen) atoms. The zero-order chi connectivity index (χ0) is 17.5. The van der Waals surface area contributed by atoms with E-state index in [1.807, 2.05) is 30.3 Å². The Bertz CT molecular complexity index is 818. The van der Waals surface area contributed by atoms with Crippen molar-refractivity contribution in [1.82, 2.24) is 0 Å². The van der Waals surface area contributed by atoms with Crippen LogP contribution in [-0.4, -0.2) is 6.09 Å². The molecule has 5 heteroatoms. The van der Waals surface area contributed by atoms with Crippen LogP contribution in [0.3, 0.4) is 0 Å². The summed E-state index contributed by atoms with van der Waals surface area (Å²) < 4.78 is 23.7. The quantitative estimate of drug-likeness (QED) is 0.711. The average molecular weight is 337 g/mol. The predicted molar refractivity (Wildman–Crippen MR) is 93.3 cm³/mol. The fraction of sp³-hybridized carbons (Fsp3) is 0.0500. The van der Waals surface area contributed by atoms with E-state index in [0.29, 0.717) is 23.8 Å². The average Bonchev–Trinajstić information content (AvgIpc) is 2.64. The van der Waals surface area contributed by atoms with Crippen LogP contribution in [0.5, 0.6) is 11.5 Å². The van der Waals surface area contributed by atoms with Crippen LogP contribution in [0.15, 0.2) is 78.9 Å². The largest absolute Gasteiger partial charge is 0.489 e. The van der Waals surface area contributed by atoms with Crippen LogP contribution in [0.1, 0.15) is 5.56 Å². The minimum atomic E-state index is -0.649. The first kappa shape index (κ1) is 16.5. The monoisotopic (exact) mass is 337 g/mol. The van der Waals surface area contributed by atoms with E-state index in [1.165, 1.54) is 24.3 Å². The first-order valence-corrected chi connectivity index (χ1v) is 7.70. The normalized spacial score (nSPS) is 10.1. The van der Waals surface area contributed by atoms with Gasteiger partial charge in [0, 0.05) is 5.69 Å². The highest BCUT2D eigenvalue weighted by Gasteiger charge is 2.06. The summed E-state index contributed by atoms with van der Waals surface area (Å²) in [7, 11) is 0. The van der Waals surface area contributed by atoms with Crippen molar-refractivity contribution >= 4 is 11.8 Å². The molecule has 1 N–H and O–H groups in total. The number of rotatable bonds is 5. The van der Waals surface area contributed by atoms with Crippen LogP contribution >= 0.6 is 0 Å². The van der Waals surface area contributed by atoms with Gasteiger partial charge in [-0.1, -0.05) is 30.3 Å². The molecule has 0 aliphatic rings. The maximum Gasteiger partial charge on any atom is 0.417 e. The highest BCUT2D eigenvalue weighted by molar-refractivity contribution is 5.86. The molecule has 1 amide bonds. The van der Waals surface area contributed by atoms with Crippen molar-refractivity contribution in [2.45, 2.75) is 6.61 Å². The molecule has 126 valence electrons. The Morgan fingerprint density at radius 2 is 1.48 bits per heavy atom. The predicted octanol–water partition coefficient (Wildman–Crippen LogP) is 5.02. The Morgan fingerprint density at radius 3 is 2.16 bits per heavy atom. The molecule has 4 nitrogen and oxygen atoms in total. The second-order valence-electron chi connectivity index (χ2n) is 5.27. The third kappa shape index (κ3) is 5.07. The molecule has 0 unspecified atom stereocenters. The van der Waals surface area contributed by atoms with Gasteiger partial charge in [-0.15, -0.1) is 0 Å². The second-order valence-corrected chi connectivity index (χ2v) is 5.27. The van der Waals surface area contributed by atoms with Gasteiger partial charge in [-0.05, 0) is 54.1 Å². The number of ether oxygens (including phenoxy) is 2.